The number of fused-ring (bicyclic) bond motifs is 3. The highest BCUT2D eigenvalue weighted by Gasteiger charge is 2.61. The maximum Gasteiger partial charge on any atom is 0.113 e. The van der Waals surface area contributed by atoms with E-state index in [9.17, 15) is 10.2 Å². The summed E-state index contributed by atoms with van der Waals surface area (Å²) in [5, 5.41) is 19.1. The zero-order chi connectivity index (χ0) is 8.29. The van der Waals surface area contributed by atoms with E-state index in [-0.39, 0.29) is 18.1 Å². The Morgan fingerprint density at radius 1 is 0.917 bits per heavy atom. The molecule has 1 aliphatic carbocycles. The number of ether oxygens (including phenoxy) is 2. The molecule has 2 aliphatic heterocycles. The average molecular weight is 172 g/mol. The van der Waals surface area contributed by atoms with E-state index in [4.69, 9.17) is 9.47 Å². The molecule has 4 heteroatoms. The maximum absolute atomic E-state index is 9.63. The second-order valence-electron chi connectivity index (χ2n) is 3.91. The highest BCUT2D eigenvalue weighted by atomic mass is 16.6. The summed E-state index contributed by atoms with van der Waals surface area (Å²) in [6.07, 6.45) is -1.32. The summed E-state index contributed by atoms with van der Waals surface area (Å²) in [5.41, 5.74) is 0. The van der Waals surface area contributed by atoms with Crippen LogP contribution >= 0.6 is 0 Å². The number of hydrogen-bond acceptors (Lipinski definition) is 4. The Morgan fingerprint density at radius 2 is 1.67 bits per heavy atom. The van der Waals surface area contributed by atoms with Crippen LogP contribution in [-0.4, -0.2) is 47.8 Å². The summed E-state index contributed by atoms with van der Waals surface area (Å²) in [7, 11) is 0. The van der Waals surface area contributed by atoms with Crippen LogP contribution in [0.15, 0.2) is 0 Å². The van der Waals surface area contributed by atoms with Crippen LogP contribution in [0.25, 0.3) is 0 Å². The molecule has 0 bridgehead atoms. The second kappa shape index (κ2) is 2.20. The Bertz CT molecular complexity index is 207. The van der Waals surface area contributed by atoms with E-state index >= 15 is 0 Å². The van der Waals surface area contributed by atoms with Gasteiger partial charge in [-0.3, -0.25) is 0 Å². The Labute approximate surface area is 70.1 Å². The molecule has 0 radical (unpaired) electrons. The summed E-state index contributed by atoms with van der Waals surface area (Å²) >= 11 is 0. The topological polar surface area (TPSA) is 62.2 Å². The minimum Gasteiger partial charge on any atom is -0.390 e. The van der Waals surface area contributed by atoms with Gasteiger partial charge in [-0.1, -0.05) is 0 Å². The standard InChI is InChI=1S/C8H12O4/c9-5-3-1-11-2-4(3)7-8(12-7)6(5)10/h3-10H,1-2H2/t3-,4+,5+,6+,7+,8-/m1/s1. The van der Waals surface area contributed by atoms with Gasteiger partial charge < -0.3 is 19.7 Å². The van der Waals surface area contributed by atoms with Gasteiger partial charge in [0, 0.05) is 11.8 Å². The molecular weight excluding hydrogens is 160 g/mol. The maximum atomic E-state index is 9.63. The van der Waals surface area contributed by atoms with Gasteiger partial charge in [0.25, 0.3) is 0 Å². The molecule has 0 aromatic heterocycles. The molecule has 0 aromatic carbocycles. The monoisotopic (exact) mass is 172 g/mol. The fraction of sp³-hybridized carbons (Fsp3) is 1.00. The number of hydrogen-bond donors (Lipinski definition) is 2. The van der Waals surface area contributed by atoms with Crippen molar-refractivity contribution >= 4 is 0 Å². The van der Waals surface area contributed by atoms with E-state index in [1.54, 1.807) is 0 Å². The average Bonchev–Trinajstić information content (AvgIpc) is 2.72. The van der Waals surface area contributed by atoms with Crippen LogP contribution in [0.3, 0.4) is 0 Å². The third kappa shape index (κ3) is 0.758. The van der Waals surface area contributed by atoms with Gasteiger partial charge in [-0.15, -0.1) is 0 Å². The van der Waals surface area contributed by atoms with Crippen molar-refractivity contribution in [1.82, 2.24) is 0 Å². The normalized spacial score (nSPS) is 62.5. The molecular formula is C8H12O4. The van der Waals surface area contributed by atoms with Crippen LogP contribution < -0.4 is 0 Å². The molecule has 0 spiro atoms. The first-order chi connectivity index (χ1) is 5.79. The van der Waals surface area contributed by atoms with Gasteiger partial charge in [0.2, 0.25) is 0 Å². The highest BCUT2D eigenvalue weighted by molar-refractivity contribution is 5.08. The summed E-state index contributed by atoms with van der Waals surface area (Å²) in [6, 6.07) is 0. The predicted molar refractivity (Wildman–Crippen MR) is 38.5 cm³/mol. The minimum atomic E-state index is -0.696. The van der Waals surface area contributed by atoms with Crippen LogP contribution in [0.2, 0.25) is 0 Å². The van der Waals surface area contributed by atoms with E-state index in [1.807, 2.05) is 0 Å². The van der Waals surface area contributed by atoms with Gasteiger partial charge in [0.15, 0.2) is 0 Å². The first-order valence-electron chi connectivity index (χ1n) is 4.38. The van der Waals surface area contributed by atoms with E-state index in [0.717, 1.165) is 0 Å². The van der Waals surface area contributed by atoms with Crippen LogP contribution in [0, 0.1) is 11.8 Å². The van der Waals surface area contributed by atoms with Crippen molar-refractivity contribution in [1.29, 1.82) is 0 Å². The van der Waals surface area contributed by atoms with Crippen LogP contribution in [0.1, 0.15) is 0 Å². The van der Waals surface area contributed by atoms with Gasteiger partial charge in [-0.2, -0.15) is 0 Å². The largest absolute Gasteiger partial charge is 0.390 e. The van der Waals surface area contributed by atoms with Gasteiger partial charge in [-0.25, -0.2) is 0 Å². The molecule has 4 nitrogen and oxygen atoms in total. The Morgan fingerprint density at radius 3 is 2.50 bits per heavy atom. The number of rotatable bonds is 0. The fourth-order valence-corrected chi connectivity index (χ4v) is 2.48. The first-order valence-corrected chi connectivity index (χ1v) is 4.38. The van der Waals surface area contributed by atoms with Crippen LogP contribution in [0.5, 0.6) is 0 Å². The van der Waals surface area contributed by atoms with Crippen molar-refractivity contribution in [2.45, 2.75) is 24.4 Å². The van der Waals surface area contributed by atoms with E-state index < -0.39 is 12.2 Å². The van der Waals surface area contributed by atoms with Gasteiger partial charge in [-0.05, 0) is 0 Å². The summed E-state index contributed by atoms with van der Waals surface area (Å²) in [5.74, 6) is 0.400. The molecule has 2 saturated heterocycles. The van der Waals surface area contributed by atoms with Gasteiger partial charge >= 0.3 is 0 Å². The van der Waals surface area contributed by atoms with Gasteiger partial charge in [0.05, 0.1) is 25.4 Å². The molecule has 12 heavy (non-hydrogen) atoms. The highest BCUT2D eigenvalue weighted by Crippen LogP contribution is 2.46. The van der Waals surface area contributed by atoms with Crippen molar-refractivity contribution in [2.75, 3.05) is 13.2 Å². The third-order valence-corrected chi connectivity index (χ3v) is 3.28. The SMILES string of the molecule is O[C@@H]1[C@H](O)[C@H]2O[C@H]2[C@H]2COC[C@@H]12. The van der Waals surface area contributed by atoms with E-state index in [0.29, 0.717) is 19.1 Å². The number of aliphatic hydroxyl groups is 2. The molecule has 2 N–H and O–H groups in total. The van der Waals surface area contributed by atoms with Gasteiger partial charge in [0.1, 0.15) is 12.2 Å². The second-order valence-corrected chi connectivity index (χ2v) is 3.91. The lowest BCUT2D eigenvalue weighted by Crippen LogP contribution is -2.47. The molecule has 0 aromatic rings. The quantitative estimate of drug-likeness (QED) is 0.448. The minimum absolute atomic E-state index is 0.0868. The predicted octanol–water partition coefficient (Wildman–Crippen LogP) is -1.25. The molecule has 0 unspecified atom stereocenters. The Hall–Kier alpha value is -0.160. The number of aliphatic hydroxyl groups excluding tert-OH is 2. The number of epoxide rings is 1. The smallest absolute Gasteiger partial charge is 0.113 e. The lowest BCUT2D eigenvalue weighted by molar-refractivity contribution is -0.0454. The molecule has 3 aliphatic rings. The summed E-state index contributed by atoms with van der Waals surface area (Å²) in [4.78, 5) is 0. The molecule has 0 amide bonds. The van der Waals surface area contributed by atoms with Crippen molar-refractivity contribution < 1.29 is 19.7 Å². The molecule has 3 fully saturated rings. The molecule has 68 valence electrons. The molecule has 2 heterocycles. The van der Waals surface area contributed by atoms with E-state index in [1.165, 1.54) is 0 Å². The van der Waals surface area contributed by atoms with Crippen molar-refractivity contribution in [3.63, 3.8) is 0 Å². The molecule has 3 rings (SSSR count). The zero-order valence-corrected chi connectivity index (χ0v) is 6.59. The van der Waals surface area contributed by atoms with E-state index in [2.05, 4.69) is 0 Å². The fourth-order valence-electron chi connectivity index (χ4n) is 2.48. The summed E-state index contributed by atoms with van der Waals surface area (Å²) in [6.45, 7) is 1.24. The summed E-state index contributed by atoms with van der Waals surface area (Å²) < 4.78 is 10.5. The lowest BCUT2D eigenvalue weighted by Gasteiger charge is -2.29. The van der Waals surface area contributed by atoms with Crippen molar-refractivity contribution in [2.24, 2.45) is 11.8 Å². The Balaban J connectivity index is 1.87. The molecule has 6 atom stereocenters. The van der Waals surface area contributed by atoms with Crippen molar-refractivity contribution in [3.8, 4) is 0 Å². The zero-order valence-electron chi connectivity index (χ0n) is 6.59. The van der Waals surface area contributed by atoms with Crippen LogP contribution in [-0.2, 0) is 9.47 Å². The Kier molecular flexibility index (Phi) is 1.33. The lowest BCUT2D eigenvalue weighted by atomic mass is 9.78. The van der Waals surface area contributed by atoms with Crippen molar-refractivity contribution in [3.05, 3.63) is 0 Å². The first kappa shape index (κ1) is 7.26. The molecule has 1 saturated carbocycles. The third-order valence-electron chi connectivity index (χ3n) is 3.28. The van der Waals surface area contributed by atoms with Crippen LogP contribution in [0.4, 0.5) is 0 Å².